The summed E-state index contributed by atoms with van der Waals surface area (Å²) in [5.41, 5.74) is 3.30. The number of hydrogen-bond acceptors (Lipinski definition) is 4. The van der Waals surface area contributed by atoms with Crippen molar-refractivity contribution in [3.8, 4) is 11.1 Å². The van der Waals surface area contributed by atoms with Gasteiger partial charge in [-0.05, 0) is 36.6 Å². The van der Waals surface area contributed by atoms with Gasteiger partial charge in [0.1, 0.15) is 0 Å². The van der Waals surface area contributed by atoms with Gasteiger partial charge in [0.05, 0.1) is 5.56 Å². The Morgan fingerprint density at radius 3 is 2.84 bits per heavy atom. The molecule has 4 heterocycles. The van der Waals surface area contributed by atoms with Crippen LogP contribution in [0.25, 0.3) is 11.1 Å². The molecule has 1 fully saturated rings. The molecule has 25 heavy (non-hydrogen) atoms. The Morgan fingerprint density at radius 1 is 1.20 bits per heavy atom. The molecule has 0 aromatic carbocycles. The first-order valence-electron chi connectivity index (χ1n) is 8.65. The van der Waals surface area contributed by atoms with Crippen molar-refractivity contribution < 1.29 is 4.79 Å². The minimum Gasteiger partial charge on any atom is -0.345 e. The second-order valence-corrected chi connectivity index (χ2v) is 7.24. The number of hydrogen-bond donors (Lipinski definition) is 1. The Morgan fingerprint density at radius 2 is 2.04 bits per heavy atom. The van der Waals surface area contributed by atoms with Crippen LogP contribution in [0.5, 0.6) is 0 Å². The molecule has 2 aliphatic heterocycles. The van der Waals surface area contributed by atoms with E-state index in [1.165, 1.54) is 4.90 Å². The maximum atomic E-state index is 12.7. The third-order valence-corrected chi connectivity index (χ3v) is 5.19. The first-order chi connectivity index (χ1) is 12.0. The average Bonchev–Trinajstić information content (AvgIpc) is 2.62. The molecular weight excluding hydrogens is 316 g/mol. The lowest BCUT2D eigenvalue weighted by molar-refractivity contribution is 0.0827. The molecule has 2 atom stereocenters. The van der Waals surface area contributed by atoms with Crippen LogP contribution in [0.3, 0.4) is 0 Å². The molecule has 1 N–H and O–H groups in total. The van der Waals surface area contributed by atoms with Crippen molar-refractivity contribution in [2.75, 3.05) is 27.2 Å². The van der Waals surface area contributed by atoms with E-state index in [0.717, 1.165) is 42.9 Å². The predicted molar refractivity (Wildman–Crippen MR) is 95.7 cm³/mol. The van der Waals surface area contributed by atoms with Crippen molar-refractivity contribution in [3.63, 3.8) is 0 Å². The van der Waals surface area contributed by atoms with E-state index in [9.17, 15) is 9.59 Å². The van der Waals surface area contributed by atoms with E-state index in [4.69, 9.17) is 0 Å². The molecular formula is C19H22N4O2. The van der Waals surface area contributed by atoms with Crippen molar-refractivity contribution in [1.29, 1.82) is 0 Å². The quantitative estimate of drug-likeness (QED) is 0.897. The van der Waals surface area contributed by atoms with Crippen LogP contribution in [0, 0.1) is 5.92 Å². The van der Waals surface area contributed by atoms with Gasteiger partial charge >= 0.3 is 0 Å². The molecule has 0 saturated carbocycles. The summed E-state index contributed by atoms with van der Waals surface area (Å²) in [6, 6.07) is 5.57. The van der Waals surface area contributed by atoms with Crippen LogP contribution in [-0.4, -0.2) is 47.5 Å². The average molecular weight is 338 g/mol. The van der Waals surface area contributed by atoms with E-state index >= 15 is 0 Å². The van der Waals surface area contributed by atoms with Crippen molar-refractivity contribution in [2.24, 2.45) is 5.92 Å². The number of pyridine rings is 2. The minimum atomic E-state index is -0.0941. The summed E-state index contributed by atoms with van der Waals surface area (Å²) in [5, 5.41) is 3.46. The molecule has 2 aromatic rings. The summed E-state index contributed by atoms with van der Waals surface area (Å²) in [7, 11) is 3.43. The molecule has 2 aliphatic rings. The molecule has 2 aromatic heterocycles. The standard InChI is InChI=1S/C19H22N4O2/c1-22(2)19(25)16-4-14(8-21-10-16)13-5-17-15-3-12(7-20-9-15)11-23(17)18(24)6-13/h4-6,8,10,12,15,20H,3,7,9,11H2,1-2H3/t12-,15+/m0/s1. The van der Waals surface area contributed by atoms with Crippen LogP contribution < -0.4 is 10.9 Å². The van der Waals surface area contributed by atoms with Gasteiger partial charge in [0, 0.05) is 62.8 Å². The molecule has 6 nitrogen and oxygen atoms in total. The van der Waals surface area contributed by atoms with Gasteiger partial charge in [-0.15, -0.1) is 0 Å². The van der Waals surface area contributed by atoms with E-state index in [1.54, 1.807) is 32.6 Å². The summed E-state index contributed by atoms with van der Waals surface area (Å²) in [6.45, 7) is 2.69. The first kappa shape index (κ1) is 16.0. The Balaban J connectivity index is 1.78. The third kappa shape index (κ3) is 2.87. The molecule has 1 amide bonds. The summed E-state index contributed by atoms with van der Waals surface area (Å²) in [6.07, 6.45) is 4.41. The second-order valence-electron chi connectivity index (χ2n) is 7.24. The number of nitrogens with one attached hydrogen (secondary N) is 1. The number of nitrogens with zero attached hydrogens (tertiary/aromatic N) is 3. The van der Waals surface area contributed by atoms with Crippen LogP contribution in [0.2, 0.25) is 0 Å². The number of piperidine rings is 1. The van der Waals surface area contributed by atoms with Crippen LogP contribution >= 0.6 is 0 Å². The fraction of sp³-hybridized carbons (Fsp3) is 0.421. The highest BCUT2D eigenvalue weighted by Gasteiger charge is 2.31. The number of fused-ring (bicyclic) bond motifs is 4. The lowest BCUT2D eigenvalue weighted by Crippen LogP contribution is -2.44. The van der Waals surface area contributed by atoms with E-state index in [2.05, 4.69) is 16.4 Å². The van der Waals surface area contributed by atoms with Crippen molar-refractivity contribution in [2.45, 2.75) is 18.9 Å². The number of carbonyl (C=O) groups is 1. The topological polar surface area (TPSA) is 67.2 Å². The third-order valence-electron chi connectivity index (χ3n) is 5.19. The van der Waals surface area contributed by atoms with Crippen LogP contribution in [0.1, 0.15) is 28.4 Å². The molecule has 4 rings (SSSR count). The normalized spacial score (nSPS) is 21.5. The van der Waals surface area contributed by atoms with E-state index in [1.807, 2.05) is 10.6 Å². The summed E-state index contributed by atoms with van der Waals surface area (Å²) >= 11 is 0. The number of carbonyl (C=O) groups excluding carboxylic acids is 1. The van der Waals surface area contributed by atoms with Crippen LogP contribution in [0.4, 0.5) is 0 Å². The zero-order valence-corrected chi connectivity index (χ0v) is 14.5. The molecule has 130 valence electrons. The van der Waals surface area contributed by atoms with Crippen molar-refractivity contribution >= 4 is 5.91 Å². The highest BCUT2D eigenvalue weighted by atomic mass is 16.2. The van der Waals surface area contributed by atoms with Gasteiger partial charge in [0.25, 0.3) is 11.5 Å². The fourth-order valence-electron chi connectivity index (χ4n) is 3.94. The maximum absolute atomic E-state index is 12.7. The van der Waals surface area contributed by atoms with E-state index in [0.29, 0.717) is 17.4 Å². The lowest BCUT2D eigenvalue weighted by Gasteiger charge is -2.37. The SMILES string of the molecule is CN(C)C(=O)c1cncc(-c2cc3n(c(=O)c2)C[C@@H]2CNC[C@H]3C2)c1. The Bertz CT molecular complexity index is 887. The van der Waals surface area contributed by atoms with Crippen molar-refractivity contribution in [3.05, 3.63) is 52.2 Å². The zero-order valence-electron chi connectivity index (χ0n) is 14.5. The smallest absolute Gasteiger partial charge is 0.254 e. The highest BCUT2D eigenvalue weighted by molar-refractivity contribution is 5.94. The predicted octanol–water partition coefficient (Wildman–Crippen LogP) is 1.32. The first-order valence-corrected chi connectivity index (χ1v) is 8.65. The fourth-order valence-corrected chi connectivity index (χ4v) is 3.94. The van der Waals surface area contributed by atoms with Gasteiger partial charge in [-0.25, -0.2) is 0 Å². The summed E-state index contributed by atoms with van der Waals surface area (Å²) < 4.78 is 1.92. The monoisotopic (exact) mass is 338 g/mol. The number of amides is 1. The molecule has 0 radical (unpaired) electrons. The molecule has 0 unspecified atom stereocenters. The highest BCUT2D eigenvalue weighted by Crippen LogP contribution is 2.33. The molecule has 1 saturated heterocycles. The Labute approximate surface area is 146 Å². The van der Waals surface area contributed by atoms with Crippen LogP contribution in [0.15, 0.2) is 35.4 Å². The Hall–Kier alpha value is -2.47. The summed E-state index contributed by atoms with van der Waals surface area (Å²) in [4.78, 5) is 30.6. The lowest BCUT2D eigenvalue weighted by atomic mass is 9.83. The van der Waals surface area contributed by atoms with Gasteiger partial charge in [0.15, 0.2) is 0 Å². The molecule has 2 bridgehead atoms. The van der Waals surface area contributed by atoms with E-state index < -0.39 is 0 Å². The zero-order chi connectivity index (χ0) is 17.6. The largest absolute Gasteiger partial charge is 0.345 e. The maximum Gasteiger partial charge on any atom is 0.254 e. The van der Waals surface area contributed by atoms with Crippen LogP contribution in [-0.2, 0) is 6.54 Å². The molecule has 0 aliphatic carbocycles. The van der Waals surface area contributed by atoms with Gasteiger partial charge in [-0.3, -0.25) is 14.6 Å². The number of aromatic nitrogens is 2. The summed E-state index contributed by atoms with van der Waals surface area (Å²) in [5.74, 6) is 0.820. The van der Waals surface area contributed by atoms with Gasteiger partial charge in [-0.1, -0.05) is 0 Å². The van der Waals surface area contributed by atoms with Gasteiger partial charge < -0.3 is 14.8 Å². The molecule has 0 spiro atoms. The van der Waals surface area contributed by atoms with Crippen molar-refractivity contribution in [1.82, 2.24) is 19.8 Å². The van der Waals surface area contributed by atoms with Gasteiger partial charge in [-0.2, -0.15) is 0 Å². The Kier molecular flexibility index (Phi) is 3.92. The van der Waals surface area contributed by atoms with E-state index in [-0.39, 0.29) is 11.5 Å². The number of rotatable bonds is 2. The molecule has 6 heteroatoms. The van der Waals surface area contributed by atoms with Gasteiger partial charge in [0.2, 0.25) is 0 Å². The minimum absolute atomic E-state index is 0.0356. The second kappa shape index (κ2) is 6.11.